The van der Waals surface area contributed by atoms with Crippen LogP contribution in [0.15, 0.2) is 42.5 Å². The van der Waals surface area contributed by atoms with Crippen LogP contribution in [0.5, 0.6) is 5.75 Å². The van der Waals surface area contributed by atoms with Gasteiger partial charge in [-0.3, -0.25) is 0 Å². The van der Waals surface area contributed by atoms with Crippen molar-refractivity contribution in [1.82, 2.24) is 0 Å². The molecule has 2 aromatic rings. The molecule has 0 radical (unpaired) electrons. The van der Waals surface area contributed by atoms with Gasteiger partial charge in [0.25, 0.3) is 0 Å². The van der Waals surface area contributed by atoms with E-state index < -0.39 is 0 Å². The van der Waals surface area contributed by atoms with Crippen LogP contribution in [-0.4, -0.2) is 24.4 Å². The quantitative estimate of drug-likeness (QED) is 0.815. The van der Waals surface area contributed by atoms with Gasteiger partial charge in [0, 0.05) is 17.8 Å². The van der Waals surface area contributed by atoms with E-state index in [1.165, 1.54) is 5.56 Å². The van der Waals surface area contributed by atoms with E-state index in [9.17, 15) is 9.90 Å². The first-order valence-corrected chi connectivity index (χ1v) is 7.66. The fourth-order valence-electron chi connectivity index (χ4n) is 2.85. The molecule has 120 valence electrons. The number of hydrogen-bond acceptors (Lipinski definition) is 3. The number of urea groups is 1. The van der Waals surface area contributed by atoms with Crippen molar-refractivity contribution in [3.63, 3.8) is 0 Å². The third kappa shape index (κ3) is 3.63. The second kappa shape index (κ2) is 6.71. The number of carbonyl (C=O) groups excluding carboxylic acids is 1. The van der Waals surface area contributed by atoms with Crippen LogP contribution in [0.4, 0.5) is 16.2 Å². The third-order valence-corrected chi connectivity index (χ3v) is 4.06. The van der Waals surface area contributed by atoms with E-state index in [4.69, 9.17) is 4.74 Å². The minimum absolute atomic E-state index is 0.302. The Bertz CT molecular complexity index is 698. The Hall–Kier alpha value is -2.53. The maximum absolute atomic E-state index is 12.2. The largest absolute Gasteiger partial charge is 0.497 e. The van der Waals surface area contributed by atoms with E-state index >= 15 is 0 Å². The average molecular weight is 312 g/mol. The maximum Gasteiger partial charge on any atom is 0.323 e. The molecule has 23 heavy (non-hydrogen) atoms. The van der Waals surface area contributed by atoms with Gasteiger partial charge in [0.15, 0.2) is 0 Å². The zero-order valence-electron chi connectivity index (χ0n) is 13.0. The first-order valence-electron chi connectivity index (χ1n) is 7.66. The van der Waals surface area contributed by atoms with Gasteiger partial charge in [0.1, 0.15) is 5.75 Å². The summed E-state index contributed by atoms with van der Waals surface area (Å²) >= 11 is 0. The van der Waals surface area contributed by atoms with E-state index in [2.05, 4.69) is 10.6 Å². The SMILES string of the molecule is COc1ccc(NC(=O)Nc2cccc3c2C[C@@H](O)CC3)cc1. The molecule has 0 saturated heterocycles. The van der Waals surface area contributed by atoms with Crippen LogP contribution in [0.25, 0.3) is 0 Å². The number of amides is 2. The molecular formula is C18H20N2O3. The number of hydrogen-bond donors (Lipinski definition) is 3. The van der Waals surface area contributed by atoms with Gasteiger partial charge in [0.05, 0.1) is 13.2 Å². The number of aryl methyl sites for hydroxylation is 1. The monoisotopic (exact) mass is 312 g/mol. The summed E-state index contributed by atoms with van der Waals surface area (Å²) in [6, 6.07) is 12.7. The molecule has 3 N–H and O–H groups in total. The van der Waals surface area contributed by atoms with Crippen molar-refractivity contribution in [3.05, 3.63) is 53.6 Å². The van der Waals surface area contributed by atoms with Crippen LogP contribution in [0.2, 0.25) is 0 Å². The molecule has 1 atom stereocenters. The molecule has 0 fully saturated rings. The van der Waals surface area contributed by atoms with Crippen molar-refractivity contribution >= 4 is 17.4 Å². The Balaban J connectivity index is 1.70. The lowest BCUT2D eigenvalue weighted by molar-refractivity contribution is 0.159. The predicted molar refractivity (Wildman–Crippen MR) is 90.1 cm³/mol. The molecule has 0 saturated carbocycles. The van der Waals surface area contributed by atoms with Crippen LogP contribution < -0.4 is 15.4 Å². The highest BCUT2D eigenvalue weighted by Gasteiger charge is 2.19. The second-order valence-corrected chi connectivity index (χ2v) is 5.65. The minimum Gasteiger partial charge on any atom is -0.497 e. The predicted octanol–water partition coefficient (Wildman–Crippen LogP) is 3.19. The molecule has 2 aromatic carbocycles. The van der Waals surface area contributed by atoms with Crippen molar-refractivity contribution in [2.75, 3.05) is 17.7 Å². The van der Waals surface area contributed by atoms with E-state index in [0.29, 0.717) is 12.1 Å². The molecule has 1 aliphatic rings. The minimum atomic E-state index is -0.338. The Morgan fingerprint density at radius 2 is 1.96 bits per heavy atom. The number of fused-ring (bicyclic) bond motifs is 1. The van der Waals surface area contributed by atoms with Crippen LogP contribution in [0.3, 0.4) is 0 Å². The lowest BCUT2D eigenvalue weighted by Crippen LogP contribution is -2.24. The molecule has 2 amide bonds. The summed E-state index contributed by atoms with van der Waals surface area (Å²) in [5, 5.41) is 15.5. The number of ether oxygens (including phenoxy) is 1. The summed E-state index contributed by atoms with van der Waals surface area (Å²) in [5.74, 6) is 0.738. The van der Waals surface area contributed by atoms with Crippen LogP contribution >= 0.6 is 0 Å². The number of rotatable bonds is 3. The van der Waals surface area contributed by atoms with E-state index in [-0.39, 0.29) is 12.1 Å². The fourth-order valence-corrected chi connectivity index (χ4v) is 2.85. The van der Waals surface area contributed by atoms with E-state index in [0.717, 1.165) is 29.8 Å². The standard InChI is InChI=1S/C18H20N2O3/c1-23-15-9-6-13(7-10-15)19-18(22)20-17-4-2-3-12-5-8-14(21)11-16(12)17/h2-4,6-7,9-10,14,21H,5,8,11H2,1H3,(H2,19,20,22)/t14-/m0/s1. The molecule has 5 heteroatoms. The summed E-state index contributed by atoms with van der Waals surface area (Å²) in [5.41, 5.74) is 3.66. The van der Waals surface area contributed by atoms with Gasteiger partial charge in [0.2, 0.25) is 0 Å². The first kappa shape index (κ1) is 15.4. The highest BCUT2D eigenvalue weighted by atomic mass is 16.5. The lowest BCUT2D eigenvalue weighted by atomic mass is 9.88. The van der Waals surface area contributed by atoms with Gasteiger partial charge < -0.3 is 20.5 Å². The van der Waals surface area contributed by atoms with Crippen molar-refractivity contribution in [1.29, 1.82) is 0 Å². The van der Waals surface area contributed by atoms with Crippen molar-refractivity contribution in [2.24, 2.45) is 0 Å². The molecule has 3 rings (SSSR count). The highest BCUT2D eigenvalue weighted by Crippen LogP contribution is 2.28. The molecule has 0 heterocycles. The Labute approximate surface area is 135 Å². The van der Waals surface area contributed by atoms with Crippen LogP contribution in [0.1, 0.15) is 17.5 Å². The third-order valence-electron chi connectivity index (χ3n) is 4.06. The highest BCUT2D eigenvalue weighted by molar-refractivity contribution is 6.00. The number of anilines is 2. The van der Waals surface area contributed by atoms with Gasteiger partial charge in [-0.2, -0.15) is 0 Å². The smallest absolute Gasteiger partial charge is 0.323 e. The normalized spacial score (nSPS) is 16.3. The molecule has 0 spiro atoms. The summed E-state index contributed by atoms with van der Waals surface area (Å²) in [4.78, 5) is 12.2. The summed E-state index contributed by atoms with van der Waals surface area (Å²) < 4.78 is 5.09. The molecule has 0 bridgehead atoms. The average Bonchev–Trinajstić information content (AvgIpc) is 2.56. The van der Waals surface area contributed by atoms with Gasteiger partial charge in [-0.05, 0) is 54.3 Å². The summed E-state index contributed by atoms with van der Waals surface area (Å²) in [7, 11) is 1.60. The first-order chi connectivity index (χ1) is 11.2. The molecule has 5 nitrogen and oxygen atoms in total. The van der Waals surface area contributed by atoms with Crippen LogP contribution in [-0.2, 0) is 12.8 Å². The van der Waals surface area contributed by atoms with Crippen molar-refractivity contribution < 1.29 is 14.6 Å². The number of aliphatic hydroxyl groups is 1. The molecule has 0 aromatic heterocycles. The maximum atomic E-state index is 12.2. The number of aliphatic hydroxyl groups excluding tert-OH is 1. The zero-order valence-corrected chi connectivity index (χ0v) is 13.0. The van der Waals surface area contributed by atoms with E-state index in [1.54, 1.807) is 31.4 Å². The van der Waals surface area contributed by atoms with E-state index in [1.807, 2.05) is 18.2 Å². The zero-order chi connectivity index (χ0) is 16.2. The lowest BCUT2D eigenvalue weighted by Gasteiger charge is -2.23. The molecule has 0 unspecified atom stereocenters. The van der Waals surface area contributed by atoms with Gasteiger partial charge in [-0.25, -0.2) is 4.79 Å². The second-order valence-electron chi connectivity index (χ2n) is 5.65. The molecular weight excluding hydrogens is 292 g/mol. The topological polar surface area (TPSA) is 70.6 Å². The molecule has 1 aliphatic carbocycles. The number of nitrogens with one attached hydrogen (secondary N) is 2. The van der Waals surface area contributed by atoms with Gasteiger partial charge >= 0.3 is 6.03 Å². The van der Waals surface area contributed by atoms with Crippen molar-refractivity contribution in [3.8, 4) is 5.75 Å². The summed E-state index contributed by atoms with van der Waals surface area (Å²) in [6.07, 6.45) is 1.85. The van der Waals surface area contributed by atoms with Gasteiger partial charge in [-0.1, -0.05) is 12.1 Å². The van der Waals surface area contributed by atoms with Gasteiger partial charge in [-0.15, -0.1) is 0 Å². The molecule has 0 aliphatic heterocycles. The Kier molecular flexibility index (Phi) is 4.48. The summed E-state index contributed by atoms with van der Waals surface area (Å²) in [6.45, 7) is 0. The number of methoxy groups -OCH3 is 1. The Morgan fingerprint density at radius 3 is 2.70 bits per heavy atom. The number of benzene rings is 2. The fraction of sp³-hybridized carbons (Fsp3) is 0.278. The van der Waals surface area contributed by atoms with Crippen LogP contribution in [0, 0.1) is 0 Å². The Morgan fingerprint density at radius 1 is 1.17 bits per heavy atom. The van der Waals surface area contributed by atoms with Crippen molar-refractivity contribution in [2.45, 2.75) is 25.4 Å². The number of carbonyl (C=O) groups is 1.